The van der Waals surface area contributed by atoms with Gasteiger partial charge in [0.15, 0.2) is 4.96 Å². The first-order valence-electron chi connectivity index (χ1n) is 6.38. The van der Waals surface area contributed by atoms with Gasteiger partial charge in [-0.3, -0.25) is 4.40 Å². The van der Waals surface area contributed by atoms with Crippen molar-refractivity contribution < 1.29 is 4.74 Å². The van der Waals surface area contributed by atoms with E-state index in [4.69, 9.17) is 4.74 Å². The summed E-state index contributed by atoms with van der Waals surface area (Å²) in [4.78, 5) is 6.95. The molecule has 2 aromatic heterocycles. The third-order valence-electron chi connectivity index (χ3n) is 2.92. The van der Waals surface area contributed by atoms with Gasteiger partial charge < -0.3 is 10.1 Å². The molecule has 0 aliphatic rings. The van der Waals surface area contributed by atoms with Gasteiger partial charge in [-0.25, -0.2) is 4.98 Å². The van der Waals surface area contributed by atoms with Crippen molar-refractivity contribution in [3.05, 3.63) is 22.5 Å². The topological polar surface area (TPSA) is 38.6 Å². The molecule has 0 saturated heterocycles. The van der Waals surface area contributed by atoms with Gasteiger partial charge in [0.25, 0.3) is 0 Å². The van der Waals surface area contributed by atoms with Crippen molar-refractivity contribution in [2.24, 2.45) is 0 Å². The molecular weight excluding hydrogens is 246 g/mol. The molecule has 4 nitrogen and oxygen atoms in total. The summed E-state index contributed by atoms with van der Waals surface area (Å²) in [7, 11) is 0. The van der Waals surface area contributed by atoms with Crippen molar-refractivity contribution in [1.82, 2.24) is 14.7 Å². The van der Waals surface area contributed by atoms with Crippen LogP contribution in [0.4, 0.5) is 0 Å². The molecule has 0 amide bonds. The Labute approximate surface area is 112 Å². The van der Waals surface area contributed by atoms with E-state index >= 15 is 0 Å². The molecule has 2 rings (SSSR count). The monoisotopic (exact) mass is 267 g/mol. The van der Waals surface area contributed by atoms with Crippen LogP contribution in [0.1, 0.15) is 30.1 Å². The van der Waals surface area contributed by atoms with E-state index in [0.717, 1.165) is 30.4 Å². The number of hydrogen-bond acceptors (Lipinski definition) is 4. The first-order valence-corrected chi connectivity index (χ1v) is 7.19. The lowest BCUT2D eigenvalue weighted by Gasteiger charge is -2.12. The molecule has 100 valence electrons. The van der Waals surface area contributed by atoms with Crippen LogP contribution < -0.4 is 5.32 Å². The zero-order chi connectivity index (χ0) is 13.1. The van der Waals surface area contributed by atoms with Crippen molar-refractivity contribution >= 4 is 16.3 Å². The maximum absolute atomic E-state index is 5.50. The second kappa shape index (κ2) is 5.82. The number of rotatable bonds is 6. The van der Waals surface area contributed by atoms with Crippen molar-refractivity contribution in [3.8, 4) is 0 Å². The van der Waals surface area contributed by atoms with Gasteiger partial charge in [0.1, 0.15) is 0 Å². The summed E-state index contributed by atoms with van der Waals surface area (Å²) in [5, 5.41) is 3.43. The second-order valence-corrected chi connectivity index (χ2v) is 5.75. The zero-order valence-electron chi connectivity index (χ0n) is 11.5. The zero-order valence-corrected chi connectivity index (χ0v) is 12.3. The number of aromatic nitrogens is 2. The van der Waals surface area contributed by atoms with Gasteiger partial charge in [0.05, 0.1) is 17.5 Å². The van der Waals surface area contributed by atoms with E-state index in [1.807, 2.05) is 6.92 Å². The van der Waals surface area contributed by atoms with E-state index in [2.05, 4.69) is 41.7 Å². The van der Waals surface area contributed by atoms with E-state index in [9.17, 15) is 0 Å². The molecule has 0 aromatic carbocycles. The molecule has 1 N–H and O–H groups in total. The summed E-state index contributed by atoms with van der Waals surface area (Å²) >= 11 is 1.73. The largest absolute Gasteiger partial charge is 0.377 e. The summed E-state index contributed by atoms with van der Waals surface area (Å²) in [6, 6.07) is 0. The van der Waals surface area contributed by atoms with Gasteiger partial charge in [-0.1, -0.05) is 0 Å². The van der Waals surface area contributed by atoms with Gasteiger partial charge in [-0.15, -0.1) is 11.3 Å². The van der Waals surface area contributed by atoms with Crippen LogP contribution >= 0.6 is 11.3 Å². The van der Waals surface area contributed by atoms with Crippen LogP contribution in [0.5, 0.6) is 0 Å². The maximum atomic E-state index is 5.50. The Bertz CT molecular complexity index is 518. The molecule has 1 unspecified atom stereocenters. The van der Waals surface area contributed by atoms with Crippen molar-refractivity contribution in [2.75, 3.05) is 13.2 Å². The Morgan fingerprint density at radius 2 is 2.28 bits per heavy atom. The minimum Gasteiger partial charge on any atom is -0.377 e. The van der Waals surface area contributed by atoms with E-state index in [1.165, 1.54) is 10.6 Å². The Morgan fingerprint density at radius 3 is 3.00 bits per heavy atom. The van der Waals surface area contributed by atoms with Gasteiger partial charge in [-0.2, -0.15) is 0 Å². The van der Waals surface area contributed by atoms with Crippen molar-refractivity contribution in [3.63, 3.8) is 0 Å². The summed E-state index contributed by atoms with van der Waals surface area (Å²) in [6.07, 6.45) is 2.41. The molecule has 1 atom stereocenters. The van der Waals surface area contributed by atoms with Gasteiger partial charge in [0.2, 0.25) is 0 Å². The van der Waals surface area contributed by atoms with E-state index in [0.29, 0.717) is 0 Å². The van der Waals surface area contributed by atoms with E-state index in [-0.39, 0.29) is 6.10 Å². The summed E-state index contributed by atoms with van der Waals surface area (Å²) in [5.74, 6) is 0. The molecule has 0 bridgehead atoms. The Balaban J connectivity index is 2.00. The molecule has 18 heavy (non-hydrogen) atoms. The molecule has 5 heteroatoms. The van der Waals surface area contributed by atoms with E-state index < -0.39 is 0 Å². The van der Waals surface area contributed by atoms with Crippen LogP contribution in [0.25, 0.3) is 4.96 Å². The number of imidazole rings is 1. The fourth-order valence-electron chi connectivity index (χ4n) is 2.06. The van der Waals surface area contributed by atoms with Crippen LogP contribution in [0.15, 0.2) is 6.20 Å². The normalized spacial score (nSPS) is 13.3. The standard InChI is InChI=1S/C13H21N3OS/c1-5-17-9(2)6-14-7-12-11(4)15-13-16(12)8-10(3)18-13/h8-9,14H,5-7H2,1-4H3. The smallest absolute Gasteiger partial charge is 0.194 e. The van der Waals surface area contributed by atoms with Gasteiger partial charge >= 0.3 is 0 Å². The maximum Gasteiger partial charge on any atom is 0.194 e. The molecule has 0 radical (unpaired) electrons. The van der Waals surface area contributed by atoms with Gasteiger partial charge in [0, 0.05) is 30.8 Å². The van der Waals surface area contributed by atoms with Gasteiger partial charge in [-0.05, 0) is 27.7 Å². The average Bonchev–Trinajstić information content (AvgIpc) is 2.77. The number of nitrogens with zero attached hydrogens (tertiary/aromatic N) is 2. The number of ether oxygens (including phenoxy) is 1. The Morgan fingerprint density at radius 1 is 1.50 bits per heavy atom. The van der Waals surface area contributed by atoms with Crippen LogP contribution in [0, 0.1) is 13.8 Å². The Kier molecular flexibility index (Phi) is 4.37. The van der Waals surface area contributed by atoms with Crippen LogP contribution in [0.2, 0.25) is 0 Å². The number of fused-ring (bicyclic) bond motifs is 1. The SMILES string of the molecule is CCOC(C)CNCc1c(C)nc2sc(C)cn12. The molecule has 0 aliphatic carbocycles. The summed E-state index contributed by atoms with van der Waals surface area (Å²) in [6.45, 7) is 10.8. The highest BCUT2D eigenvalue weighted by molar-refractivity contribution is 7.17. The molecule has 0 saturated carbocycles. The molecule has 0 spiro atoms. The molecule has 0 aliphatic heterocycles. The minimum absolute atomic E-state index is 0.253. The quantitative estimate of drug-likeness (QED) is 0.874. The first kappa shape index (κ1) is 13.5. The fraction of sp³-hybridized carbons (Fsp3) is 0.615. The van der Waals surface area contributed by atoms with E-state index in [1.54, 1.807) is 11.3 Å². The highest BCUT2D eigenvalue weighted by Crippen LogP contribution is 2.20. The predicted molar refractivity (Wildman–Crippen MR) is 75.3 cm³/mol. The Hall–Kier alpha value is -0.910. The number of aryl methyl sites for hydroxylation is 2. The summed E-state index contributed by atoms with van der Waals surface area (Å²) in [5.41, 5.74) is 2.36. The third kappa shape index (κ3) is 2.91. The van der Waals surface area contributed by atoms with Crippen molar-refractivity contribution in [1.29, 1.82) is 0 Å². The molecule has 2 heterocycles. The lowest BCUT2D eigenvalue weighted by atomic mass is 10.3. The summed E-state index contributed by atoms with van der Waals surface area (Å²) < 4.78 is 7.69. The molecular formula is C13H21N3OS. The molecule has 0 fully saturated rings. The highest BCUT2D eigenvalue weighted by Gasteiger charge is 2.11. The molecule has 2 aromatic rings. The lowest BCUT2D eigenvalue weighted by Crippen LogP contribution is -2.27. The minimum atomic E-state index is 0.253. The predicted octanol–water partition coefficient (Wildman–Crippen LogP) is 2.53. The average molecular weight is 267 g/mol. The fourth-order valence-corrected chi connectivity index (χ4v) is 2.95. The lowest BCUT2D eigenvalue weighted by molar-refractivity contribution is 0.0758. The number of nitrogens with one attached hydrogen (secondary N) is 1. The highest BCUT2D eigenvalue weighted by atomic mass is 32.1. The van der Waals surface area contributed by atoms with Crippen LogP contribution in [-0.2, 0) is 11.3 Å². The number of hydrogen-bond donors (Lipinski definition) is 1. The third-order valence-corrected chi connectivity index (χ3v) is 3.81. The van der Waals surface area contributed by atoms with Crippen LogP contribution in [0.3, 0.4) is 0 Å². The van der Waals surface area contributed by atoms with Crippen molar-refractivity contribution in [2.45, 2.75) is 40.3 Å². The first-order chi connectivity index (χ1) is 8.61. The van der Waals surface area contributed by atoms with Crippen LogP contribution in [-0.4, -0.2) is 28.6 Å². The second-order valence-electron chi connectivity index (χ2n) is 4.54. The number of thiazole rings is 1.